The van der Waals surface area contributed by atoms with Crippen LogP contribution in [0, 0.1) is 11.8 Å². The Balaban J connectivity index is 1.56. The average Bonchev–Trinajstić information content (AvgIpc) is 2.89. The lowest BCUT2D eigenvalue weighted by Crippen LogP contribution is -2.48. The number of rotatable bonds is 9. The maximum atomic E-state index is 12.4. The quantitative estimate of drug-likeness (QED) is 0.416. The third-order valence-electron chi connectivity index (χ3n) is 5.96. The second-order valence-electron chi connectivity index (χ2n) is 8.69. The molecule has 35 heavy (non-hydrogen) atoms. The molecular weight excluding hydrogens is 438 g/mol. The van der Waals surface area contributed by atoms with Crippen molar-refractivity contribution in [2.45, 2.75) is 44.8 Å². The van der Waals surface area contributed by atoms with Crippen molar-refractivity contribution in [1.29, 1.82) is 0 Å². The van der Waals surface area contributed by atoms with Crippen molar-refractivity contribution in [3.8, 4) is 11.8 Å². The second kappa shape index (κ2) is 12.7. The summed E-state index contributed by atoms with van der Waals surface area (Å²) in [5, 5.41) is 21.1. The molecule has 180 valence electrons. The van der Waals surface area contributed by atoms with Gasteiger partial charge in [0.25, 0.3) is 5.91 Å². The number of hydrogen-bond acceptors (Lipinski definition) is 4. The zero-order valence-corrected chi connectivity index (χ0v) is 20.1. The third kappa shape index (κ3) is 7.65. The summed E-state index contributed by atoms with van der Waals surface area (Å²) < 4.78 is 0. The predicted octanol–water partition coefficient (Wildman–Crippen LogP) is 3.86. The first-order valence-electron chi connectivity index (χ1n) is 11.8. The molecule has 3 N–H and O–H groups in total. The van der Waals surface area contributed by atoms with E-state index in [1.807, 2.05) is 18.2 Å². The van der Waals surface area contributed by atoms with Crippen LogP contribution >= 0.6 is 0 Å². The van der Waals surface area contributed by atoms with Gasteiger partial charge in [0.15, 0.2) is 5.78 Å². The van der Waals surface area contributed by atoms with E-state index in [1.165, 1.54) is 18.1 Å². The summed E-state index contributed by atoms with van der Waals surface area (Å²) in [7, 11) is 0. The van der Waals surface area contributed by atoms with Gasteiger partial charge in [-0.3, -0.25) is 9.59 Å². The van der Waals surface area contributed by atoms with Crippen LogP contribution in [0.1, 0.15) is 58.8 Å². The van der Waals surface area contributed by atoms with E-state index in [1.54, 1.807) is 24.3 Å². The fourth-order valence-corrected chi connectivity index (χ4v) is 3.73. The maximum Gasteiger partial charge on any atom is 0.251 e. The second-order valence-corrected chi connectivity index (χ2v) is 8.69. The highest BCUT2D eigenvalue weighted by Crippen LogP contribution is 2.21. The molecule has 5 heteroatoms. The van der Waals surface area contributed by atoms with Crippen LogP contribution in [0.15, 0.2) is 78.9 Å². The number of carbonyl (C=O) groups is 2. The van der Waals surface area contributed by atoms with Crippen LogP contribution < -0.4 is 5.32 Å². The molecule has 0 fully saturated rings. The van der Waals surface area contributed by atoms with Crippen LogP contribution in [0.25, 0.3) is 0 Å². The van der Waals surface area contributed by atoms with Crippen molar-refractivity contribution in [2.75, 3.05) is 6.61 Å². The van der Waals surface area contributed by atoms with Gasteiger partial charge in [0.2, 0.25) is 0 Å². The number of aryl methyl sites for hydroxylation is 1. The van der Waals surface area contributed by atoms with Crippen molar-refractivity contribution in [3.63, 3.8) is 0 Å². The molecule has 5 nitrogen and oxygen atoms in total. The molecule has 3 aromatic rings. The van der Waals surface area contributed by atoms with E-state index in [-0.39, 0.29) is 0 Å². The Labute approximate surface area is 206 Å². The van der Waals surface area contributed by atoms with Crippen molar-refractivity contribution in [1.82, 2.24) is 5.32 Å². The Hall–Kier alpha value is -3.72. The Kier molecular flexibility index (Phi) is 9.37. The minimum atomic E-state index is -1.16. The zero-order valence-electron chi connectivity index (χ0n) is 20.1. The molecule has 0 spiro atoms. The molecular formula is C30H31NO4. The molecule has 0 saturated heterocycles. The van der Waals surface area contributed by atoms with E-state index >= 15 is 0 Å². The van der Waals surface area contributed by atoms with Crippen molar-refractivity contribution < 1.29 is 19.8 Å². The molecule has 0 unspecified atom stereocenters. The van der Waals surface area contributed by atoms with Gasteiger partial charge in [-0.05, 0) is 73.2 Å². The first-order chi connectivity index (χ1) is 16.9. The van der Waals surface area contributed by atoms with E-state index in [9.17, 15) is 14.7 Å². The molecule has 0 aliphatic heterocycles. The topological polar surface area (TPSA) is 86.6 Å². The van der Waals surface area contributed by atoms with Gasteiger partial charge in [0.1, 0.15) is 12.6 Å². The molecule has 0 saturated carbocycles. The van der Waals surface area contributed by atoms with E-state index in [0.717, 1.165) is 24.0 Å². The lowest BCUT2D eigenvalue weighted by atomic mass is 9.94. The highest BCUT2D eigenvalue weighted by molar-refractivity contribution is 5.98. The van der Waals surface area contributed by atoms with Gasteiger partial charge in [0, 0.05) is 16.7 Å². The molecule has 3 rings (SSSR count). The van der Waals surface area contributed by atoms with Crippen LogP contribution in [0.5, 0.6) is 0 Å². The van der Waals surface area contributed by atoms with Crippen LogP contribution in [0.4, 0.5) is 0 Å². The maximum absolute atomic E-state index is 12.4. The van der Waals surface area contributed by atoms with E-state index in [4.69, 9.17) is 5.11 Å². The minimum absolute atomic E-state index is 0.334. The molecule has 0 heterocycles. The molecule has 0 aromatic heterocycles. The van der Waals surface area contributed by atoms with Crippen LogP contribution in [-0.4, -0.2) is 40.7 Å². The van der Waals surface area contributed by atoms with Crippen LogP contribution in [0.2, 0.25) is 0 Å². The summed E-state index contributed by atoms with van der Waals surface area (Å²) >= 11 is 0. The highest BCUT2D eigenvalue weighted by Gasteiger charge is 2.25. The number of hydrogen-bond donors (Lipinski definition) is 3. The van der Waals surface area contributed by atoms with Crippen LogP contribution in [0.3, 0.4) is 0 Å². The van der Waals surface area contributed by atoms with Gasteiger partial charge < -0.3 is 15.5 Å². The minimum Gasteiger partial charge on any atom is -0.391 e. The lowest BCUT2D eigenvalue weighted by molar-refractivity contribution is -0.125. The van der Waals surface area contributed by atoms with Crippen molar-refractivity contribution >= 4 is 11.7 Å². The largest absolute Gasteiger partial charge is 0.391 e. The number of benzene rings is 3. The average molecular weight is 470 g/mol. The van der Waals surface area contributed by atoms with Gasteiger partial charge in [-0.2, -0.15) is 0 Å². The lowest BCUT2D eigenvalue weighted by Gasteiger charge is -2.19. The summed E-state index contributed by atoms with van der Waals surface area (Å²) in [4.78, 5) is 24.1. The van der Waals surface area contributed by atoms with Gasteiger partial charge in [-0.15, -0.1) is 0 Å². The number of nitrogens with one attached hydrogen (secondary N) is 1. The predicted molar refractivity (Wildman–Crippen MR) is 137 cm³/mol. The molecule has 0 bridgehead atoms. The Morgan fingerprint density at radius 3 is 1.97 bits per heavy atom. The van der Waals surface area contributed by atoms with Gasteiger partial charge >= 0.3 is 0 Å². The zero-order chi connectivity index (χ0) is 25.2. The molecule has 3 aromatic carbocycles. The van der Waals surface area contributed by atoms with Crippen molar-refractivity contribution in [2.24, 2.45) is 0 Å². The summed E-state index contributed by atoms with van der Waals surface area (Å²) in [6.07, 6.45) is 0.983. The summed E-state index contributed by atoms with van der Waals surface area (Å²) in [5.41, 5.74) is 4.64. The van der Waals surface area contributed by atoms with Gasteiger partial charge in [0.05, 0.1) is 6.10 Å². The first kappa shape index (κ1) is 25.9. The molecule has 0 radical (unpaired) electrons. The summed E-state index contributed by atoms with van der Waals surface area (Å²) in [6.45, 7) is 2.89. The SMILES string of the molecule is C[C@@H](CCc1ccc(C#Cc2ccc(C(=O)N[C@H](C(=O)CO)[C@@H](C)O)cc2)cc1)c1ccccc1. The number of amides is 1. The third-order valence-corrected chi connectivity index (χ3v) is 5.96. The fraction of sp³-hybridized carbons (Fsp3) is 0.267. The number of carbonyl (C=O) groups excluding carboxylic acids is 2. The standard InChI is InChI=1S/C30H31NO4/c1-21(26-6-4-3-5-7-26)8-9-23-10-12-24(13-11-23)14-15-25-16-18-27(19-17-25)30(35)31-29(22(2)33)28(34)20-32/h3-7,10-13,16-19,21-22,29,32-33H,8-9,20H2,1-2H3,(H,31,35)/t21-,22+,29-/m0/s1. The first-order valence-corrected chi connectivity index (χ1v) is 11.8. The summed E-state index contributed by atoms with van der Waals surface area (Å²) in [5.74, 6) is 5.59. The van der Waals surface area contributed by atoms with Gasteiger partial charge in [-0.25, -0.2) is 0 Å². The molecule has 3 atom stereocenters. The molecule has 0 aliphatic carbocycles. The number of Topliss-reactive ketones (excluding diaryl/α,β-unsaturated/α-hetero) is 1. The molecule has 0 aliphatic rings. The summed E-state index contributed by atoms with van der Waals surface area (Å²) in [6, 6.07) is 24.3. The van der Waals surface area contributed by atoms with E-state index in [2.05, 4.69) is 60.5 Å². The number of aliphatic hydroxyl groups excluding tert-OH is 2. The number of ketones is 1. The monoisotopic (exact) mass is 469 g/mol. The van der Waals surface area contributed by atoms with Gasteiger partial charge in [-0.1, -0.05) is 61.2 Å². The molecule has 1 amide bonds. The van der Waals surface area contributed by atoms with Crippen LogP contribution in [-0.2, 0) is 11.2 Å². The number of aliphatic hydroxyl groups is 2. The fourth-order valence-electron chi connectivity index (χ4n) is 3.73. The Morgan fingerprint density at radius 2 is 1.43 bits per heavy atom. The smallest absolute Gasteiger partial charge is 0.251 e. The highest BCUT2D eigenvalue weighted by atomic mass is 16.3. The Morgan fingerprint density at radius 1 is 0.857 bits per heavy atom. The van der Waals surface area contributed by atoms with E-state index < -0.39 is 30.4 Å². The van der Waals surface area contributed by atoms with E-state index in [0.29, 0.717) is 11.5 Å². The Bertz CT molecular complexity index is 1170. The normalized spacial score (nSPS) is 13.1. The van der Waals surface area contributed by atoms with Crippen molar-refractivity contribution in [3.05, 3.63) is 107 Å².